The summed E-state index contributed by atoms with van der Waals surface area (Å²) < 4.78 is 2.90. The molecule has 0 saturated carbocycles. The fraction of sp³-hybridized carbons (Fsp3) is 0.579. The van der Waals surface area contributed by atoms with Gasteiger partial charge in [-0.2, -0.15) is 0 Å². The van der Waals surface area contributed by atoms with Crippen LogP contribution in [0.2, 0.25) is 0 Å². The molecule has 0 spiro atoms. The minimum absolute atomic E-state index is 0.202. The molecule has 10 nitrogen and oxygen atoms in total. The van der Waals surface area contributed by atoms with Crippen LogP contribution < -0.4 is 26.4 Å². The minimum atomic E-state index is -0.256. The molecule has 4 rings (SSSR count). The van der Waals surface area contributed by atoms with Crippen molar-refractivity contribution in [3.05, 3.63) is 39.3 Å². The van der Waals surface area contributed by atoms with Crippen LogP contribution in [0.3, 0.4) is 0 Å². The van der Waals surface area contributed by atoms with E-state index in [1.807, 2.05) is 18.0 Å². The summed E-state index contributed by atoms with van der Waals surface area (Å²) >= 11 is 0. The fourth-order valence-electron chi connectivity index (χ4n) is 4.00. The Kier molecular flexibility index (Phi) is 5.52. The summed E-state index contributed by atoms with van der Waals surface area (Å²) in [4.78, 5) is 40.4. The average molecular weight is 400 g/mol. The van der Waals surface area contributed by atoms with Crippen molar-refractivity contribution in [2.75, 3.05) is 61.6 Å². The molecule has 0 atom stereocenters. The van der Waals surface area contributed by atoms with Gasteiger partial charge in [0.05, 0.1) is 6.67 Å². The second-order valence-electron chi connectivity index (χ2n) is 7.61. The maximum absolute atomic E-state index is 12.8. The molecule has 2 aliphatic rings. The Morgan fingerprint density at radius 1 is 1.00 bits per heavy atom. The Morgan fingerprint density at radius 3 is 2.41 bits per heavy atom. The van der Waals surface area contributed by atoms with Gasteiger partial charge < -0.3 is 15.1 Å². The van der Waals surface area contributed by atoms with Gasteiger partial charge in [0.1, 0.15) is 11.5 Å². The van der Waals surface area contributed by atoms with E-state index < -0.39 is 0 Å². The van der Waals surface area contributed by atoms with Crippen molar-refractivity contribution in [3.8, 4) is 0 Å². The number of anilines is 3. The zero-order chi connectivity index (χ0) is 20.4. The van der Waals surface area contributed by atoms with Gasteiger partial charge in [-0.05, 0) is 25.5 Å². The summed E-state index contributed by atoms with van der Waals surface area (Å²) in [6.45, 7) is 5.71. The van der Waals surface area contributed by atoms with Gasteiger partial charge in [-0.25, -0.2) is 14.8 Å². The van der Waals surface area contributed by atoms with E-state index in [1.54, 1.807) is 19.4 Å². The van der Waals surface area contributed by atoms with Crippen molar-refractivity contribution in [1.29, 1.82) is 0 Å². The predicted molar refractivity (Wildman–Crippen MR) is 113 cm³/mol. The molecule has 10 heteroatoms. The highest BCUT2D eigenvalue weighted by molar-refractivity contribution is 5.69. The normalized spacial score (nSPS) is 16.8. The van der Waals surface area contributed by atoms with E-state index in [9.17, 15) is 9.59 Å². The molecule has 156 valence electrons. The average Bonchev–Trinajstić information content (AvgIpc) is 3.14. The van der Waals surface area contributed by atoms with Gasteiger partial charge in [0, 0.05) is 59.2 Å². The van der Waals surface area contributed by atoms with Crippen molar-refractivity contribution >= 4 is 17.5 Å². The Balaban J connectivity index is 1.29. The van der Waals surface area contributed by atoms with Crippen LogP contribution in [0.4, 0.5) is 17.5 Å². The largest absolute Gasteiger partial charge is 0.352 e. The first-order valence-electron chi connectivity index (χ1n) is 10.1. The van der Waals surface area contributed by atoms with Crippen LogP contribution >= 0.6 is 0 Å². The maximum Gasteiger partial charge on any atom is 0.332 e. The molecule has 2 aromatic rings. The molecule has 0 radical (unpaired) electrons. The molecule has 0 bridgehead atoms. The molecule has 2 aliphatic heterocycles. The molecule has 29 heavy (non-hydrogen) atoms. The van der Waals surface area contributed by atoms with Gasteiger partial charge in [0.15, 0.2) is 0 Å². The zero-order valence-corrected chi connectivity index (χ0v) is 17.0. The number of fused-ring (bicyclic) bond motifs is 1. The second kappa shape index (κ2) is 8.24. The number of hydrogen-bond acceptors (Lipinski definition) is 8. The number of unbranched alkanes of at least 4 members (excludes halogenated alkanes) is 1. The Morgan fingerprint density at radius 2 is 1.69 bits per heavy atom. The van der Waals surface area contributed by atoms with E-state index in [4.69, 9.17) is 0 Å². The third-order valence-corrected chi connectivity index (χ3v) is 5.70. The van der Waals surface area contributed by atoms with Gasteiger partial charge in [-0.1, -0.05) is 0 Å². The van der Waals surface area contributed by atoms with Gasteiger partial charge in [-0.3, -0.25) is 18.8 Å². The van der Waals surface area contributed by atoms with E-state index >= 15 is 0 Å². The highest BCUT2D eigenvalue weighted by atomic mass is 16.2. The third-order valence-electron chi connectivity index (χ3n) is 5.70. The lowest BCUT2D eigenvalue weighted by Gasteiger charge is -2.34. The second-order valence-corrected chi connectivity index (χ2v) is 7.61. The molecule has 2 aromatic heterocycles. The number of nitrogens with one attached hydrogen (secondary N) is 1. The van der Waals surface area contributed by atoms with Crippen LogP contribution in [0, 0.1) is 0 Å². The lowest BCUT2D eigenvalue weighted by atomic mass is 10.2. The van der Waals surface area contributed by atoms with Crippen LogP contribution in [-0.4, -0.2) is 70.4 Å². The van der Waals surface area contributed by atoms with Crippen molar-refractivity contribution in [1.82, 2.24) is 24.0 Å². The van der Waals surface area contributed by atoms with Crippen molar-refractivity contribution in [3.63, 3.8) is 0 Å². The first-order chi connectivity index (χ1) is 14.1. The Bertz CT molecular complexity index is 963. The van der Waals surface area contributed by atoms with Crippen LogP contribution in [0.5, 0.6) is 0 Å². The van der Waals surface area contributed by atoms with Crippen LogP contribution in [0.1, 0.15) is 12.8 Å². The highest BCUT2D eigenvalue weighted by Crippen LogP contribution is 2.23. The SMILES string of the molecule is CN1CNc2c1c(=O)n(CCCCN1CCN(c3ncccn3)CC1)c(=O)n2C. The fourth-order valence-corrected chi connectivity index (χ4v) is 4.00. The predicted octanol–water partition coefficient (Wildman–Crippen LogP) is -0.241. The standard InChI is InChI=1S/C19H28N8O2/c1-23-14-22-16-15(23)17(28)27(19(29)24(16)2)9-4-3-8-25-10-12-26(13-11-25)18-20-6-5-7-21-18/h5-7,22H,3-4,8-14H2,1-2H3. The topological polar surface area (TPSA) is 91.5 Å². The quantitative estimate of drug-likeness (QED) is 0.665. The molecule has 0 amide bonds. The molecular weight excluding hydrogens is 372 g/mol. The van der Waals surface area contributed by atoms with E-state index in [-0.39, 0.29) is 11.2 Å². The Hall–Kier alpha value is -2.88. The first-order valence-corrected chi connectivity index (χ1v) is 10.1. The van der Waals surface area contributed by atoms with Crippen LogP contribution in [0.15, 0.2) is 28.0 Å². The van der Waals surface area contributed by atoms with Crippen LogP contribution in [-0.2, 0) is 13.6 Å². The number of hydrogen-bond donors (Lipinski definition) is 1. The summed E-state index contributed by atoms with van der Waals surface area (Å²) in [5.74, 6) is 1.40. The molecule has 0 aliphatic carbocycles. The monoisotopic (exact) mass is 400 g/mol. The van der Waals surface area contributed by atoms with E-state index in [2.05, 4.69) is 25.1 Å². The molecule has 1 N–H and O–H groups in total. The number of piperazine rings is 1. The molecule has 1 saturated heterocycles. The van der Waals surface area contributed by atoms with E-state index in [0.717, 1.165) is 51.5 Å². The molecule has 4 heterocycles. The maximum atomic E-state index is 12.8. The highest BCUT2D eigenvalue weighted by Gasteiger charge is 2.25. The van der Waals surface area contributed by atoms with Gasteiger partial charge in [-0.15, -0.1) is 0 Å². The van der Waals surface area contributed by atoms with Crippen molar-refractivity contribution < 1.29 is 0 Å². The number of rotatable bonds is 6. The zero-order valence-electron chi connectivity index (χ0n) is 17.0. The summed E-state index contributed by atoms with van der Waals surface area (Å²) in [6, 6.07) is 1.83. The molecule has 1 fully saturated rings. The van der Waals surface area contributed by atoms with E-state index in [0.29, 0.717) is 24.7 Å². The molecule has 0 unspecified atom stereocenters. The molecular formula is C19H28N8O2. The van der Waals surface area contributed by atoms with Gasteiger partial charge in [0.25, 0.3) is 5.56 Å². The summed E-state index contributed by atoms with van der Waals surface area (Å²) in [7, 11) is 3.56. The summed E-state index contributed by atoms with van der Waals surface area (Å²) in [6.07, 6.45) is 5.29. The number of nitrogens with zero attached hydrogens (tertiary/aromatic N) is 7. The first kappa shape index (κ1) is 19.4. The lowest BCUT2D eigenvalue weighted by molar-refractivity contribution is 0.250. The third kappa shape index (κ3) is 3.84. The van der Waals surface area contributed by atoms with Gasteiger partial charge >= 0.3 is 5.69 Å². The lowest BCUT2D eigenvalue weighted by Crippen LogP contribution is -2.47. The van der Waals surface area contributed by atoms with Gasteiger partial charge in [0.2, 0.25) is 5.95 Å². The van der Waals surface area contributed by atoms with Crippen molar-refractivity contribution in [2.24, 2.45) is 7.05 Å². The van der Waals surface area contributed by atoms with Crippen LogP contribution in [0.25, 0.3) is 0 Å². The number of aromatic nitrogens is 4. The van der Waals surface area contributed by atoms with E-state index in [1.165, 1.54) is 9.13 Å². The smallest absolute Gasteiger partial charge is 0.332 e. The van der Waals surface area contributed by atoms with Crippen molar-refractivity contribution in [2.45, 2.75) is 19.4 Å². The summed E-state index contributed by atoms with van der Waals surface area (Å²) in [5.41, 5.74) is 0.117. The Labute approximate surface area is 169 Å². The minimum Gasteiger partial charge on any atom is -0.352 e. The molecule has 0 aromatic carbocycles. The summed E-state index contributed by atoms with van der Waals surface area (Å²) in [5, 5.41) is 3.11.